The van der Waals surface area contributed by atoms with Gasteiger partial charge in [0.1, 0.15) is 12.1 Å². The molecule has 0 aromatic carbocycles. The number of thiazole rings is 1. The van der Waals surface area contributed by atoms with Gasteiger partial charge in [-0.1, -0.05) is 13.8 Å². The Balaban J connectivity index is 2.17. The van der Waals surface area contributed by atoms with Gasteiger partial charge < -0.3 is 10.2 Å². The molecule has 2 rings (SSSR count). The van der Waals surface area contributed by atoms with Crippen LogP contribution < -0.4 is 15.5 Å². The van der Waals surface area contributed by atoms with Crippen molar-refractivity contribution in [2.45, 2.75) is 45.8 Å². The van der Waals surface area contributed by atoms with Gasteiger partial charge in [-0.15, -0.1) is 11.3 Å². The fourth-order valence-corrected chi connectivity index (χ4v) is 2.90. The molecule has 0 atom stereocenters. The molecule has 1 fully saturated rings. The molecule has 110 valence electrons. The zero-order chi connectivity index (χ0) is 14.9. The quantitative estimate of drug-likeness (QED) is 0.807. The van der Waals surface area contributed by atoms with Crippen molar-refractivity contribution >= 4 is 28.3 Å². The zero-order valence-corrected chi connectivity index (χ0v) is 13.0. The van der Waals surface area contributed by atoms with Crippen LogP contribution in [-0.4, -0.2) is 34.9 Å². The van der Waals surface area contributed by atoms with E-state index in [1.807, 2.05) is 0 Å². The van der Waals surface area contributed by atoms with Crippen molar-refractivity contribution in [3.63, 3.8) is 0 Å². The van der Waals surface area contributed by atoms with Crippen LogP contribution in [0.4, 0.5) is 5.13 Å². The molecule has 7 heteroatoms. The summed E-state index contributed by atoms with van der Waals surface area (Å²) < 4.78 is 0. The lowest BCUT2D eigenvalue weighted by atomic mass is 10.00. The summed E-state index contributed by atoms with van der Waals surface area (Å²) in [7, 11) is 0. The van der Waals surface area contributed by atoms with E-state index in [1.165, 1.54) is 11.3 Å². The van der Waals surface area contributed by atoms with Crippen molar-refractivity contribution in [3.05, 3.63) is 11.1 Å². The lowest BCUT2D eigenvalue weighted by Crippen LogP contribution is -2.64. The number of rotatable bonds is 4. The maximum absolute atomic E-state index is 11.9. The van der Waals surface area contributed by atoms with Crippen LogP contribution in [0, 0.1) is 0 Å². The highest BCUT2D eigenvalue weighted by Crippen LogP contribution is 2.30. The first-order chi connectivity index (χ1) is 9.30. The topological polar surface area (TPSA) is 74.3 Å². The molecule has 1 aliphatic heterocycles. The molecule has 2 heterocycles. The molecular formula is C13H20N4O2S. The maximum Gasteiger partial charge on any atom is 0.251 e. The van der Waals surface area contributed by atoms with E-state index in [2.05, 4.69) is 29.5 Å². The van der Waals surface area contributed by atoms with Crippen LogP contribution in [0.5, 0.6) is 0 Å². The first kappa shape index (κ1) is 14.9. The van der Waals surface area contributed by atoms with Crippen molar-refractivity contribution in [1.82, 2.24) is 15.6 Å². The highest BCUT2D eigenvalue weighted by atomic mass is 32.1. The summed E-state index contributed by atoms with van der Waals surface area (Å²) in [5.74, 6) is -0.572. The molecule has 0 radical (unpaired) electrons. The normalized spacial score (nSPS) is 18.6. The Labute approximate surface area is 122 Å². The Morgan fingerprint density at radius 1 is 1.50 bits per heavy atom. The van der Waals surface area contributed by atoms with Gasteiger partial charge in [0.25, 0.3) is 5.91 Å². The first-order valence-electron chi connectivity index (χ1n) is 6.60. The number of anilines is 1. The molecule has 1 aromatic heterocycles. The number of nitrogens with one attached hydrogen (secondary N) is 2. The second-order valence-corrected chi connectivity index (χ2v) is 6.76. The Kier molecular flexibility index (Phi) is 4.10. The van der Waals surface area contributed by atoms with Gasteiger partial charge in [0.05, 0.1) is 0 Å². The minimum atomic E-state index is -0.769. The summed E-state index contributed by atoms with van der Waals surface area (Å²) in [5.41, 5.74) is -0.769. The predicted octanol–water partition coefficient (Wildman–Crippen LogP) is 0.882. The monoisotopic (exact) mass is 296 g/mol. The number of amides is 2. The van der Waals surface area contributed by atoms with E-state index in [4.69, 9.17) is 0 Å². The van der Waals surface area contributed by atoms with E-state index in [-0.39, 0.29) is 18.4 Å². The van der Waals surface area contributed by atoms with E-state index in [9.17, 15) is 9.59 Å². The van der Waals surface area contributed by atoms with Gasteiger partial charge in [0.15, 0.2) is 5.13 Å². The number of nitrogens with zero attached hydrogens (tertiary/aromatic N) is 2. The van der Waals surface area contributed by atoms with Crippen LogP contribution in [0.25, 0.3) is 0 Å². The fraction of sp³-hybridized carbons (Fsp3) is 0.615. The molecule has 1 saturated heterocycles. The van der Waals surface area contributed by atoms with Gasteiger partial charge in [-0.2, -0.15) is 0 Å². The summed E-state index contributed by atoms with van der Waals surface area (Å²) in [6.45, 7) is 8.65. The van der Waals surface area contributed by atoms with E-state index in [1.54, 1.807) is 24.9 Å². The summed E-state index contributed by atoms with van der Waals surface area (Å²) in [6.07, 6.45) is 1.79. The number of hydrogen-bond donors (Lipinski definition) is 2. The lowest BCUT2D eigenvalue weighted by molar-refractivity contribution is -0.135. The predicted molar refractivity (Wildman–Crippen MR) is 78.7 cm³/mol. The zero-order valence-electron chi connectivity index (χ0n) is 12.2. The summed E-state index contributed by atoms with van der Waals surface area (Å²) in [4.78, 5) is 30.7. The Morgan fingerprint density at radius 2 is 2.20 bits per heavy atom. The van der Waals surface area contributed by atoms with Gasteiger partial charge in [-0.3, -0.25) is 14.9 Å². The smallest absolute Gasteiger partial charge is 0.251 e. The van der Waals surface area contributed by atoms with Crippen LogP contribution in [0.15, 0.2) is 6.20 Å². The molecular weight excluding hydrogens is 276 g/mol. The highest BCUT2D eigenvalue weighted by molar-refractivity contribution is 7.15. The molecule has 0 unspecified atom stereocenters. The van der Waals surface area contributed by atoms with Crippen LogP contribution in [0.2, 0.25) is 0 Å². The average Bonchev–Trinajstić information content (AvgIpc) is 2.80. The van der Waals surface area contributed by atoms with Crippen molar-refractivity contribution < 1.29 is 9.59 Å². The Morgan fingerprint density at radius 3 is 2.85 bits per heavy atom. The van der Waals surface area contributed by atoms with E-state index in [0.29, 0.717) is 11.2 Å². The number of imide groups is 1. The number of aromatic nitrogens is 1. The van der Waals surface area contributed by atoms with E-state index >= 15 is 0 Å². The van der Waals surface area contributed by atoms with Crippen molar-refractivity contribution in [2.75, 3.05) is 11.4 Å². The summed E-state index contributed by atoms with van der Waals surface area (Å²) in [6, 6.07) is 0.402. The first-order valence-corrected chi connectivity index (χ1v) is 7.42. The molecule has 0 saturated carbocycles. The summed E-state index contributed by atoms with van der Waals surface area (Å²) >= 11 is 1.51. The molecule has 0 aliphatic carbocycles. The van der Waals surface area contributed by atoms with Crippen molar-refractivity contribution in [1.29, 1.82) is 0 Å². The van der Waals surface area contributed by atoms with Gasteiger partial charge in [0.2, 0.25) is 5.91 Å². The summed E-state index contributed by atoms with van der Waals surface area (Å²) in [5, 5.41) is 6.39. The third kappa shape index (κ3) is 2.99. The van der Waals surface area contributed by atoms with Crippen LogP contribution in [0.3, 0.4) is 0 Å². The average molecular weight is 296 g/mol. The van der Waals surface area contributed by atoms with E-state index < -0.39 is 5.54 Å². The molecule has 0 bridgehead atoms. The lowest BCUT2D eigenvalue weighted by Gasteiger charge is -2.39. The third-order valence-electron chi connectivity index (χ3n) is 3.24. The molecule has 6 nitrogen and oxygen atoms in total. The van der Waals surface area contributed by atoms with Crippen LogP contribution >= 0.6 is 11.3 Å². The van der Waals surface area contributed by atoms with Crippen molar-refractivity contribution in [3.8, 4) is 0 Å². The fourth-order valence-electron chi connectivity index (χ4n) is 1.90. The molecule has 20 heavy (non-hydrogen) atoms. The number of carbonyl (C=O) groups excluding carboxylic acids is 2. The SMILES string of the molecule is CC(C)NCc1cnc(N2CC(=O)NC(=O)C2(C)C)s1. The van der Waals surface area contributed by atoms with Gasteiger partial charge in [0, 0.05) is 23.7 Å². The third-order valence-corrected chi connectivity index (χ3v) is 4.26. The van der Waals surface area contributed by atoms with Gasteiger partial charge >= 0.3 is 0 Å². The minimum Gasteiger partial charge on any atom is -0.325 e. The second-order valence-electron chi connectivity index (χ2n) is 5.67. The highest BCUT2D eigenvalue weighted by Gasteiger charge is 2.42. The second kappa shape index (κ2) is 5.49. The van der Waals surface area contributed by atoms with E-state index in [0.717, 1.165) is 11.4 Å². The molecule has 1 aromatic rings. The standard InChI is InChI=1S/C13H20N4O2S/c1-8(2)14-5-9-6-15-12(20-9)17-7-10(18)16-11(19)13(17,3)4/h6,8,14H,5,7H2,1-4H3,(H,16,18,19). The number of piperazine rings is 1. The molecule has 1 aliphatic rings. The Hall–Kier alpha value is -1.47. The minimum absolute atomic E-state index is 0.156. The van der Waals surface area contributed by atoms with Crippen LogP contribution in [0.1, 0.15) is 32.6 Å². The maximum atomic E-state index is 11.9. The Bertz CT molecular complexity index is 524. The van der Waals surface area contributed by atoms with Crippen LogP contribution in [-0.2, 0) is 16.1 Å². The molecule has 2 amide bonds. The van der Waals surface area contributed by atoms with Gasteiger partial charge in [-0.05, 0) is 13.8 Å². The molecule has 2 N–H and O–H groups in total. The molecule has 0 spiro atoms. The number of carbonyl (C=O) groups is 2. The number of hydrogen-bond acceptors (Lipinski definition) is 6. The largest absolute Gasteiger partial charge is 0.325 e. The van der Waals surface area contributed by atoms with Gasteiger partial charge in [-0.25, -0.2) is 4.98 Å². The van der Waals surface area contributed by atoms with Crippen molar-refractivity contribution in [2.24, 2.45) is 0 Å².